The molecule has 5 nitrogen and oxygen atoms in total. The van der Waals surface area contributed by atoms with Gasteiger partial charge >= 0.3 is 18.4 Å². The number of nitrogens with zero attached hydrogens (tertiary/aromatic N) is 1. The summed E-state index contributed by atoms with van der Waals surface area (Å²) in [5.41, 5.74) is -4.27. The first-order valence-electron chi connectivity index (χ1n) is 9.45. The zero-order chi connectivity index (χ0) is 23.9. The average Bonchev–Trinajstić information content (AvgIpc) is 2.95. The van der Waals surface area contributed by atoms with E-state index in [0.29, 0.717) is 17.7 Å². The minimum atomic E-state index is -4.99. The van der Waals surface area contributed by atoms with E-state index < -0.39 is 54.0 Å². The van der Waals surface area contributed by atoms with Crippen molar-refractivity contribution in [2.24, 2.45) is 0 Å². The molecule has 1 aliphatic rings. The summed E-state index contributed by atoms with van der Waals surface area (Å²) in [6, 6.07) is 8.84. The molecule has 0 aliphatic carbocycles. The lowest BCUT2D eigenvalue weighted by Crippen LogP contribution is -2.50. The van der Waals surface area contributed by atoms with Gasteiger partial charge in [-0.1, -0.05) is 30.3 Å². The Bertz CT molecular complexity index is 947. The number of aliphatic hydroxyl groups is 1. The van der Waals surface area contributed by atoms with Crippen LogP contribution >= 0.6 is 0 Å². The number of ether oxygens (including phenoxy) is 1. The molecule has 32 heavy (non-hydrogen) atoms. The molecule has 3 atom stereocenters. The highest BCUT2D eigenvalue weighted by molar-refractivity contribution is 5.78. The van der Waals surface area contributed by atoms with E-state index >= 15 is 0 Å². The van der Waals surface area contributed by atoms with E-state index in [4.69, 9.17) is 4.74 Å². The SMILES string of the molecule is C[C@@H](OC[C@]1(c2ccccc2)NC(=O)N(C)[C@H]1O)c1cc(C(F)(F)F)cc(C(F)(F)F)c1. The van der Waals surface area contributed by atoms with Crippen LogP contribution in [0.2, 0.25) is 0 Å². The maximum absolute atomic E-state index is 13.2. The Morgan fingerprint density at radius 2 is 1.59 bits per heavy atom. The molecule has 1 saturated heterocycles. The van der Waals surface area contributed by atoms with Crippen molar-refractivity contribution in [2.45, 2.75) is 37.1 Å². The van der Waals surface area contributed by atoms with Gasteiger partial charge in [-0.3, -0.25) is 4.90 Å². The Morgan fingerprint density at radius 1 is 1.06 bits per heavy atom. The van der Waals surface area contributed by atoms with Crippen molar-refractivity contribution in [1.29, 1.82) is 0 Å². The number of aliphatic hydroxyl groups excluding tert-OH is 1. The predicted molar refractivity (Wildman–Crippen MR) is 101 cm³/mol. The van der Waals surface area contributed by atoms with Crippen molar-refractivity contribution in [3.63, 3.8) is 0 Å². The fraction of sp³-hybridized carbons (Fsp3) is 0.381. The van der Waals surface area contributed by atoms with Crippen molar-refractivity contribution < 1.29 is 41.0 Å². The second-order valence-electron chi connectivity index (χ2n) is 7.54. The fourth-order valence-corrected chi connectivity index (χ4v) is 3.50. The summed E-state index contributed by atoms with van der Waals surface area (Å²) < 4.78 is 84.6. The Hall–Kier alpha value is -2.79. The number of amides is 2. The topological polar surface area (TPSA) is 61.8 Å². The van der Waals surface area contributed by atoms with Gasteiger partial charge in [0.15, 0.2) is 6.23 Å². The summed E-state index contributed by atoms with van der Waals surface area (Å²) in [7, 11) is 1.34. The van der Waals surface area contributed by atoms with E-state index in [-0.39, 0.29) is 11.6 Å². The maximum atomic E-state index is 13.2. The van der Waals surface area contributed by atoms with Crippen LogP contribution in [-0.4, -0.2) is 35.9 Å². The van der Waals surface area contributed by atoms with Crippen molar-refractivity contribution in [3.05, 3.63) is 70.8 Å². The number of benzene rings is 2. The number of hydrogen-bond acceptors (Lipinski definition) is 3. The second-order valence-corrected chi connectivity index (χ2v) is 7.54. The minimum Gasteiger partial charge on any atom is -0.371 e. The van der Waals surface area contributed by atoms with Gasteiger partial charge in [-0.05, 0) is 36.2 Å². The summed E-state index contributed by atoms with van der Waals surface area (Å²) in [6.45, 7) is 0.883. The van der Waals surface area contributed by atoms with E-state index in [1.807, 2.05) is 0 Å². The first-order valence-corrected chi connectivity index (χ1v) is 9.45. The highest BCUT2D eigenvalue weighted by atomic mass is 19.4. The molecule has 1 fully saturated rings. The van der Waals surface area contributed by atoms with Gasteiger partial charge in [0.1, 0.15) is 5.54 Å². The van der Waals surface area contributed by atoms with Crippen molar-refractivity contribution in [1.82, 2.24) is 10.2 Å². The van der Waals surface area contributed by atoms with Crippen LogP contribution in [0.5, 0.6) is 0 Å². The molecule has 1 aliphatic heterocycles. The zero-order valence-electron chi connectivity index (χ0n) is 17.0. The highest BCUT2D eigenvalue weighted by Crippen LogP contribution is 2.39. The molecule has 0 unspecified atom stereocenters. The van der Waals surface area contributed by atoms with Crippen molar-refractivity contribution >= 4 is 6.03 Å². The van der Waals surface area contributed by atoms with Crippen LogP contribution in [0.25, 0.3) is 0 Å². The van der Waals surface area contributed by atoms with E-state index in [1.54, 1.807) is 30.3 Å². The molecule has 174 valence electrons. The number of halogens is 6. The molecule has 2 N–H and O–H groups in total. The Labute approximate surface area is 179 Å². The number of nitrogens with one attached hydrogen (secondary N) is 1. The number of urea groups is 1. The van der Waals surface area contributed by atoms with Crippen LogP contribution in [0.4, 0.5) is 31.1 Å². The molecule has 2 amide bonds. The molecule has 2 aromatic carbocycles. The smallest absolute Gasteiger partial charge is 0.371 e. The first-order chi connectivity index (χ1) is 14.8. The zero-order valence-corrected chi connectivity index (χ0v) is 17.0. The van der Waals surface area contributed by atoms with Crippen LogP contribution in [0.15, 0.2) is 48.5 Å². The van der Waals surface area contributed by atoms with Crippen LogP contribution in [0, 0.1) is 0 Å². The molecule has 0 bridgehead atoms. The van der Waals surface area contributed by atoms with Gasteiger partial charge in [0.25, 0.3) is 0 Å². The number of likely N-dealkylation sites (N-methyl/N-ethyl adjacent to an activating group) is 1. The molecule has 1 heterocycles. The van der Waals surface area contributed by atoms with E-state index in [1.165, 1.54) is 14.0 Å². The molecule has 0 spiro atoms. The quantitative estimate of drug-likeness (QED) is 0.635. The van der Waals surface area contributed by atoms with Gasteiger partial charge in [0.05, 0.1) is 23.8 Å². The monoisotopic (exact) mass is 462 g/mol. The first kappa shape index (κ1) is 23.9. The molecule has 0 aromatic heterocycles. The lowest BCUT2D eigenvalue weighted by Gasteiger charge is -2.34. The van der Waals surface area contributed by atoms with Crippen LogP contribution in [-0.2, 0) is 22.6 Å². The average molecular weight is 462 g/mol. The van der Waals surface area contributed by atoms with Crippen molar-refractivity contribution in [3.8, 4) is 0 Å². The number of hydrogen-bond donors (Lipinski definition) is 2. The van der Waals surface area contributed by atoms with Crippen molar-refractivity contribution in [2.75, 3.05) is 13.7 Å². The molecular weight excluding hydrogens is 442 g/mol. The third-order valence-electron chi connectivity index (χ3n) is 5.39. The third kappa shape index (κ3) is 4.53. The summed E-state index contributed by atoms with van der Waals surface area (Å²) >= 11 is 0. The molecule has 0 saturated carbocycles. The summed E-state index contributed by atoms with van der Waals surface area (Å²) in [5.74, 6) is 0. The predicted octanol–water partition coefficient (Wildman–Crippen LogP) is 4.67. The highest BCUT2D eigenvalue weighted by Gasteiger charge is 2.51. The van der Waals surface area contributed by atoms with E-state index in [9.17, 15) is 36.2 Å². The van der Waals surface area contributed by atoms with Crippen LogP contribution in [0.1, 0.15) is 35.3 Å². The second kappa shape index (κ2) is 8.28. The molecule has 0 radical (unpaired) electrons. The summed E-state index contributed by atoms with van der Waals surface area (Å²) in [4.78, 5) is 13.2. The number of carbonyl (C=O) groups is 1. The molecule has 11 heteroatoms. The number of rotatable bonds is 5. The largest absolute Gasteiger partial charge is 0.416 e. The van der Waals surface area contributed by atoms with Gasteiger partial charge in [0.2, 0.25) is 0 Å². The van der Waals surface area contributed by atoms with Gasteiger partial charge in [-0.25, -0.2) is 4.79 Å². The van der Waals surface area contributed by atoms with Crippen LogP contribution < -0.4 is 5.32 Å². The van der Waals surface area contributed by atoms with E-state index in [0.717, 1.165) is 4.90 Å². The maximum Gasteiger partial charge on any atom is 0.416 e. The lowest BCUT2D eigenvalue weighted by molar-refractivity contribution is -0.143. The summed E-state index contributed by atoms with van der Waals surface area (Å²) in [5, 5.41) is 13.3. The number of alkyl halides is 6. The van der Waals surface area contributed by atoms with Gasteiger partial charge < -0.3 is 15.2 Å². The Morgan fingerprint density at radius 3 is 2.03 bits per heavy atom. The minimum absolute atomic E-state index is 0.0393. The lowest BCUT2D eigenvalue weighted by atomic mass is 9.89. The molecule has 3 rings (SSSR count). The standard InChI is InChI=1S/C21H20F6N2O3/c1-12(13-8-15(20(22,23)24)10-16(9-13)21(25,26)27)32-11-19(14-6-4-3-5-7-14)17(30)29(2)18(31)28-19/h3-10,12,17,30H,11H2,1-2H3,(H,28,31)/t12-,17+,19-/m1/s1. The third-order valence-corrected chi connectivity index (χ3v) is 5.39. The fourth-order valence-electron chi connectivity index (χ4n) is 3.50. The van der Waals surface area contributed by atoms with Crippen LogP contribution in [0.3, 0.4) is 0 Å². The van der Waals surface area contributed by atoms with Gasteiger partial charge in [-0.15, -0.1) is 0 Å². The normalized spacial score (nSPS) is 22.7. The molecule has 2 aromatic rings. The molecular formula is C21H20F6N2O3. The Kier molecular flexibility index (Phi) is 6.18. The van der Waals surface area contributed by atoms with Gasteiger partial charge in [-0.2, -0.15) is 26.3 Å². The summed E-state index contributed by atoms with van der Waals surface area (Å²) in [6.07, 6.45) is -12.6. The number of carbonyl (C=O) groups excluding carboxylic acids is 1. The van der Waals surface area contributed by atoms with E-state index in [2.05, 4.69) is 5.32 Å². The Balaban J connectivity index is 1.94. The van der Waals surface area contributed by atoms with Gasteiger partial charge in [0, 0.05) is 7.05 Å².